The minimum absolute atomic E-state index is 0.122. The molecule has 0 radical (unpaired) electrons. The molecule has 0 saturated heterocycles. The molecule has 0 aliphatic heterocycles. The maximum atomic E-state index is 12.4. The third kappa shape index (κ3) is 4.31. The predicted octanol–water partition coefficient (Wildman–Crippen LogP) is 4.18. The minimum Gasteiger partial charge on any atom is -0.439 e. The summed E-state index contributed by atoms with van der Waals surface area (Å²) in [5.74, 6) is 1.78. The Balaban J connectivity index is 1.63. The van der Waals surface area contributed by atoms with Crippen LogP contribution in [-0.2, 0) is 0 Å². The largest absolute Gasteiger partial charge is 0.439 e. The quantitative estimate of drug-likeness (QED) is 0.921. The van der Waals surface area contributed by atoms with Gasteiger partial charge in [0.1, 0.15) is 11.4 Å². The summed E-state index contributed by atoms with van der Waals surface area (Å²) >= 11 is 0. The fourth-order valence-corrected chi connectivity index (χ4v) is 2.87. The standard InChI is InChI=1S/C19H22N2O2/c1-14-10-12-15(13-11-14)20-19(22)17-8-5-9-18(21-17)23-16-6-3-2-4-7-16/h2-9,14-15H,10-13H2,1H3,(H,20,22)/t14-,15-. The van der Waals surface area contributed by atoms with E-state index in [1.165, 1.54) is 12.8 Å². The second-order valence-electron chi connectivity index (χ2n) is 6.21. The molecule has 0 atom stereocenters. The van der Waals surface area contributed by atoms with Gasteiger partial charge in [0.2, 0.25) is 5.88 Å². The Labute approximate surface area is 136 Å². The van der Waals surface area contributed by atoms with Crippen molar-refractivity contribution in [3.8, 4) is 11.6 Å². The number of aromatic nitrogens is 1. The van der Waals surface area contributed by atoms with Gasteiger partial charge >= 0.3 is 0 Å². The Morgan fingerprint density at radius 2 is 1.78 bits per heavy atom. The van der Waals surface area contributed by atoms with Gasteiger partial charge in [-0.3, -0.25) is 4.79 Å². The predicted molar refractivity (Wildman–Crippen MR) is 89.6 cm³/mol. The van der Waals surface area contributed by atoms with Crippen molar-refractivity contribution in [1.29, 1.82) is 0 Å². The van der Waals surface area contributed by atoms with E-state index in [-0.39, 0.29) is 11.9 Å². The number of benzene rings is 1. The topological polar surface area (TPSA) is 51.2 Å². The lowest BCUT2D eigenvalue weighted by Crippen LogP contribution is -2.37. The van der Waals surface area contributed by atoms with Crippen molar-refractivity contribution in [2.45, 2.75) is 38.6 Å². The van der Waals surface area contributed by atoms with E-state index in [4.69, 9.17) is 4.74 Å². The van der Waals surface area contributed by atoms with E-state index in [0.29, 0.717) is 17.3 Å². The van der Waals surface area contributed by atoms with Crippen molar-refractivity contribution in [2.24, 2.45) is 5.92 Å². The van der Waals surface area contributed by atoms with Gasteiger partial charge in [0.05, 0.1) is 0 Å². The van der Waals surface area contributed by atoms with E-state index >= 15 is 0 Å². The molecule has 0 spiro atoms. The third-order valence-corrected chi connectivity index (χ3v) is 4.27. The molecule has 120 valence electrons. The average Bonchev–Trinajstić information content (AvgIpc) is 2.58. The van der Waals surface area contributed by atoms with Crippen LogP contribution in [-0.4, -0.2) is 16.9 Å². The van der Waals surface area contributed by atoms with Crippen LogP contribution in [0, 0.1) is 5.92 Å². The number of para-hydroxylation sites is 1. The zero-order valence-electron chi connectivity index (χ0n) is 13.4. The van der Waals surface area contributed by atoms with Crippen LogP contribution in [0.3, 0.4) is 0 Å². The number of pyridine rings is 1. The van der Waals surface area contributed by atoms with Crippen molar-refractivity contribution in [3.63, 3.8) is 0 Å². The number of hydrogen-bond acceptors (Lipinski definition) is 3. The lowest BCUT2D eigenvalue weighted by Gasteiger charge is -2.26. The maximum absolute atomic E-state index is 12.4. The van der Waals surface area contributed by atoms with Crippen LogP contribution in [0.1, 0.15) is 43.1 Å². The van der Waals surface area contributed by atoms with Gasteiger partial charge in [0, 0.05) is 12.1 Å². The lowest BCUT2D eigenvalue weighted by molar-refractivity contribution is 0.0917. The molecule has 1 aromatic carbocycles. The van der Waals surface area contributed by atoms with Gasteiger partial charge < -0.3 is 10.1 Å². The second-order valence-corrected chi connectivity index (χ2v) is 6.21. The molecule has 1 aliphatic rings. The van der Waals surface area contributed by atoms with Gasteiger partial charge in [0.15, 0.2) is 0 Å². The minimum atomic E-state index is -0.122. The highest BCUT2D eigenvalue weighted by molar-refractivity contribution is 5.92. The summed E-state index contributed by atoms with van der Waals surface area (Å²) in [6.45, 7) is 2.27. The summed E-state index contributed by atoms with van der Waals surface area (Å²) in [5, 5.41) is 3.09. The summed E-state index contributed by atoms with van der Waals surface area (Å²) in [7, 11) is 0. The van der Waals surface area contributed by atoms with E-state index in [1.807, 2.05) is 30.3 Å². The zero-order valence-corrected chi connectivity index (χ0v) is 13.4. The van der Waals surface area contributed by atoms with Crippen molar-refractivity contribution in [1.82, 2.24) is 10.3 Å². The summed E-state index contributed by atoms with van der Waals surface area (Å²) in [6.07, 6.45) is 4.45. The fraction of sp³-hybridized carbons (Fsp3) is 0.368. The zero-order chi connectivity index (χ0) is 16.1. The van der Waals surface area contributed by atoms with Gasteiger partial charge in [-0.1, -0.05) is 31.2 Å². The summed E-state index contributed by atoms with van der Waals surface area (Å²) < 4.78 is 5.68. The Bertz CT molecular complexity index is 649. The summed E-state index contributed by atoms with van der Waals surface area (Å²) in [5.41, 5.74) is 0.400. The van der Waals surface area contributed by atoms with E-state index in [9.17, 15) is 4.79 Å². The molecule has 1 saturated carbocycles. The molecule has 0 unspecified atom stereocenters. The maximum Gasteiger partial charge on any atom is 0.270 e. The van der Waals surface area contributed by atoms with Gasteiger partial charge in [0.25, 0.3) is 5.91 Å². The molecule has 1 aromatic heterocycles. The first-order chi connectivity index (χ1) is 11.2. The lowest BCUT2D eigenvalue weighted by atomic mass is 9.87. The number of ether oxygens (including phenoxy) is 1. The molecule has 1 N–H and O–H groups in total. The van der Waals surface area contributed by atoms with Crippen LogP contribution >= 0.6 is 0 Å². The second kappa shape index (κ2) is 7.27. The number of nitrogens with one attached hydrogen (secondary N) is 1. The first-order valence-electron chi connectivity index (χ1n) is 8.21. The number of carbonyl (C=O) groups is 1. The molecule has 4 heteroatoms. The highest BCUT2D eigenvalue weighted by Crippen LogP contribution is 2.24. The SMILES string of the molecule is C[C@H]1CC[C@H](NC(=O)c2cccc(Oc3ccccc3)n2)CC1. The molecule has 1 aliphatic carbocycles. The number of nitrogens with zero attached hydrogens (tertiary/aromatic N) is 1. The Morgan fingerprint density at radius 1 is 1.04 bits per heavy atom. The van der Waals surface area contributed by atoms with Crippen molar-refractivity contribution in [2.75, 3.05) is 0 Å². The van der Waals surface area contributed by atoms with E-state index in [2.05, 4.69) is 17.2 Å². The smallest absolute Gasteiger partial charge is 0.270 e. The molecule has 23 heavy (non-hydrogen) atoms. The Hall–Kier alpha value is -2.36. The summed E-state index contributed by atoms with van der Waals surface area (Å²) in [6, 6.07) is 15.0. The van der Waals surface area contributed by atoms with Crippen molar-refractivity contribution in [3.05, 3.63) is 54.2 Å². The fourth-order valence-electron chi connectivity index (χ4n) is 2.87. The Kier molecular flexibility index (Phi) is 4.91. The first-order valence-corrected chi connectivity index (χ1v) is 8.21. The monoisotopic (exact) mass is 310 g/mol. The molecular formula is C19H22N2O2. The van der Waals surface area contributed by atoms with Gasteiger partial charge in [-0.2, -0.15) is 0 Å². The van der Waals surface area contributed by atoms with Crippen molar-refractivity contribution < 1.29 is 9.53 Å². The number of rotatable bonds is 4. The molecule has 4 nitrogen and oxygen atoms in total. The van der Waals surface area contributed by atoms with Gasteiger partial charge in [-0.05, 0) is 49.8 Å². The van der Waals surface area contributed by atoms with Crippen molar-refractivity contribution >= 4 is 5.91 Å². The van der Waals surface area contributed by atoms with E-state index < -0.39 is 0 Å². The highest BCUT2D eigenvalue weighted by Gasteiger charge is 2.20. The van der Waals surface area contributed by atoms with Crippen LogP contribution in [0.25, 0.3) is 0 Å². The molecule has 0 bridgehead atoms. The Morgan fingerprint density at radius 3 is 2.52 bits per heavy atom. The molecule has 3 rings (SSSR count). The van der Waals surface area contributed by atoms with Crippen LogP contribution in [0.15, 0.2) is 48.5 Å². The molecule has 2 aromatic rings. The highest BCUT2D eigenvalue weighted by atomic mass is 16.5. The van der Waals surface area contributed by atoms with Crippen LogP contribution in [0.4, 0.5) is 0 Å². The van der Waals surface area contributed by atoms with Gasteiger partial charge in [-0.25, -0.2) is 4.98 Å². The third-order valence-electron chi connectivity index (χ3n) is 4.27. The normalized spacial score (nSPS) is 20.7. The molecule has 1 amide bonds. The molecule has 1 fully saturated rings. The van der Waals surface area contributed by atoms with Crippen LogP contribution < -0.4 is 10.1 Å². The number of amides is 1. The summed E-state index contributed by atoms with van der Waals surface area (Å²) in [4.78, 5) is 16.7. The van der Waals surface area contributed by atoms with Crippen LogP contribution in [0.2, 0.25) is 0 Å². The molecule has 1 heterocycles. The number of carbonyl (C=O) groups excluding carboxylic acids is 1. The number of hydrogen-bond donors (Lipinski definition) is 1. The van der Waals surface area contributed by atoms with Crippen LogP contribution in [0.5, 0.6) is 11.6 Å². The molecular weight excluding hydrogens is 288 g/mol. The average molecular weight is 310 g/mol. The van der Waals surface area contributed by atoms with E-state index in [1.54, 1.807) is 18.2 Å². The van der Waals surface area contributed by atoms with Gasteiger partial charge in [-0.15, -0.1) is 0 Å². The van der Waals surface area contributed by atoms with E-state index in [0.717, 1.165) is 18.8 Å². The first kappa shape index (κ1) is 15.5.